The fourth-order valence-corrected chi connectivity index (χ4v) is 10.7. The summed E-state index contributed by atoms with van der Waals surface area (Å²) in [4.78, 5) is 15.1. The highest BCUT2D eigenvalue weighted by molar-refractivity contribution is 5.79. The van der Waals surface area contributed by atoms with Crippen LogP contribution in [0.1, 0.15) is 91.9 Å². The van der Waals surface area contributed by atoms with E-state index >= 15 is 0 Å². The van der Waals surface area contributed by atoms with Crippen LogP contribution in [0, 0.1) is 40.9 Å². The molecule has 6 rings (SSSR count). The normalized spacial score (nSPS) is 47.2. The van der Waals surface area contributed by atoms with Gasteiger partial charge in [0.2, 0.25) is 0 Å². The fraction of sp³-hybridized carbons (Fsp3) is 0.909. The molecule has 4 nitrogen and oxygen atoms in total. The van der Waals surface area contributed by atoms with Crippen LogP contribution in [0.3, 0.4) is 0 Å². The second-order valence-electron chi connectivity index (χ2n) is 16.0. The molecule has 0 aromatic heterocycles. The van der Waals surface area contributed by atoms with Gasteiger partial charge in [-0.05, 0) is 93.3 Å². The molecule has 0 bridgehead atoms. The lowest BCUT2D eigenvalue weighted by atomic mass is 9.52. The molecule has 38 heavy (non-hydrogen) atoms. The van der Waals surface area contributed by atoms with E-state index in [1.807, 2.05) is 5.57 Å². The average Bonchev–Trinajstić information content (AvgIpc) is 3.28. The van der Waals surface area contributed by atoms with Crippen LogP contribution < -0.4 is 24.0 Å². The topological polar surface area (TPSA) is 29.5 Å². The van der Waals surface area contributed by atoms with E-state index in [-0.39, 0.29) is 29.6 Å². The molecule has 2 heterocycles. The summed E-state index contributed by atoms with van der Waals surface area (Å²) in [6.45, 7) is 13.7. The molecular weight excluding hydrogens is 583 g/mol. The van der Waals surface area contributed by atoms with Crippen LogP contribution in [0.4, 0.5) is 0 Å². The molecule has 0 N–H and O–H groups in total. The number of ether oxygens (including phenoxy) is 1. The Kier molecular flexibility index (Phi) is 8.06. The number of hydrogen-bond acceptors (Lipinski definition) is 3. The van der Waals surface area contributed by atoms with Crippen molar-refractivity contribution in [2.24, 2.45) is 40.9 Å². The molecule has 216 valence electrons. The van der Waals surface area contributed by atoms with Crippen molar-refractivity contribution in [1.82, 2.24) is 4.90 Å². The summed E-state index contributed by atoms with van der Waals surface area (Å²) in [5.74, 6) is 4.91. The number of quaternary nitrogens is 1. The van der Waals surface area contributed by atoms with Crippen LogP contribution in [0.15, 0.2) is 11.1 Å². The van der Waals surface area contributed by atoms with Crippen LogP contribution in [0.5, 0.6) is 0 Å². The van der Waals surface area contributed by atoms with Crippen LogP contribution in [0.25, 0.3) is 0 Å². The minimum Gasteiger partial charge on any atom is -1.00 e. The van der Waals surface area contributed by atoms with Gasteiger partial charge in [0.05, 0.1) is 39.4 Å². The second kappa shape index (κ2) is 10.4. The zero-order valence-electron chi connectivity index (χ0n) is 25.4. The Morgan fingerprint density at radius 1 is 1.08 bits per heavy atom. The Morgan fingerprint density at radius 3 is 2.58 bits per heavy atom. The quantitative estimate of drug-likeness (QED) is 0.271. The number of Topliss-reactive ketones (excluding diaryl/α,β-unsaturated/α-hetero) is 1. The van der Waals surface area contributed by atoms with E-state index in [1.165, 1.54) is 58.2 Å². The van der Waals surface area contributed by atoms with E-state index in [0.29, 0.717) is 35.2 Å². The van der Waals surface area contributed by atoms with Gasteiger partial charge in [0.15, 0.2) is 0 Å². The number of halogens is 1. The smallest absolute Gasteiger partial charge is 0.133 e. The minimum atomic E-state index is 0. The molecule has 6 aliphatic rings. The Balaban J connectivity index is 0.00000294. The molecule has 4 aliphatic carbocycles. The molecule has 3 saturated carbocycles. The van der Waals surface area contributed by atoms with Crippen LogP contribution in [-0.2, 0) is 9.53 Å². The Bertz CT molecular complexity index is 957. The highest BCUT2D eigenvalue weighted by Gasteiger charge is 2.60. The molecule has 0 unspecified atom stereocenters. The lowest BCUT2D eigenvalue weighted by Crippen LogP contribution is -3.00. The first-order valence-electron chi connectivity index (χ1n) is 15.8. The number of nitrogens with zero attached hydrogens (tertiary/aromatic N) is 2. The van der Waals surface area contributed by atoms with E-state index in [1.54, 1.807) is 5.57 Å². The summed E-state index contributed by atoms with van der Waals surface area (Å²) in [7, 11) is 6.98. The van der Waals surface area contributed by atoms with Gasteiger partial charge in [0.1, 0.15) is 5.78 Å². The van der Waals surface area contributed by atoms with E-state index < -0.39 is 0 Å². The third-order valence-corrected chi connectivity index (χ3v) is 12.7. The number of hydrogen-bond donors (Lipinski definition) is 0. The molecule has 1 spiro atoms. The first-order chi connectivity index (χ1) is 17.4. The molecular formula is C33H55IN2O2. The van der Waals surface area contributed by atoms with Crippen molar-refractivity contribution in [3.05, 3.63) is 11.1 Å². The molecule has 0 aromatic carbocycles. The summed E-state index contributed by atoms with van der Waals surface area (Å²) >= 11 is 0. The van der Waals surface area contributed by atoms with Crippen molar-refractivity contribution in [2.45, 2.75) is 110 Å². The maximum Gasteiger partial charge on any atom is 0.133 e. The van der Waals surface area contributed by atoms with Crippen LogP contribution >= 0.6 is 0 Å². The van der Waals surface area contributed by atoms with Gasteiger partial charge in [-0.1, -0.05) is 31.9 Å². The van der Waals surface area contributed by atoms with Gasteiger partial charge in [0, 0.05) is 37.9 Å². The van der Waals surface area contributed by atoms with E-state index in [9.17, 15) is 4.79 Å². The van der Waals surface area contributed by atoms with E-state index in [4.69, 9.17) is 4.74 Å². The Labute approximate surface area is 250 Å². The van der Waals surface area contributed by atoms with Crippen molar-refractivity contribution >= 4 is 5.78 Å². The highest BCUT2D eigenvalue weighted by Crippen LogP contribution is 2.65. The molecule has 5 fully saturated rings. The Morgan fingerprint density at radius 2 is 1.84 bits per heavy atom. The van der Waals surface area contributed by atoms with Crippen molar-refractivity contribution in [3.63, 3.8) is 0 Å². The summed E-state index contributed by atoms with van der Waals surface area (Å²) < 4.78 is 8.32. The van der Waals surface area contributed by atoms with Gasteiger partial charge >= 0.3 is 0 Å². The number of likely N-dealkylation sites (N-methyl/N-ethyl adjacent to an activating group) is 1. The summed E-state index contributed by atoms with van der Waals surface area (Å²) in [6.07, 6.45) is 12.2. The third kappa shape index (κ3) is 4.89. The van der Waals surface area contributed by atoms with E-state index in [2.05, 4.69) is 53.7 Å². The lowest BCUT2D eigenvalue weighted by molar-refractivity contribution is -0.869. The number of fused-ring (bicyclic) bond motifs is 6. The number of likely N-dealkylation sites (tertiary alicyclic amines) is 1. The highest BCUT2D eigenvalue weighted by atomic mass is 127. The average molecular weight is 639 g/mol. The Hall–Kier alpha value is 0.0200. The molecule has 2 aliphatic heterocycles. The van der Waals surface area contributed by atoms with Gasteiger partial charge in [0.25, 0.3) is 0 Å². The standard InChI is InChI=1S/C33H55N2O2.HI/c1-21-16-30-31(34(20-21)14-15-35(5,6)7)23(3)33(37-30)13-11-26-27-9-8-24-17-25(36)10-12-32(24,4)29(27)18-28(26)22(2)19-33;/h21,23-24,26-27,29-31H,8-20H2,1-7H3;1H/q+1;/p-1/t21-,23+,24+,26-,27-,29-,30+,31-,32-,33-;/m0./s1. The number of carbonyl (C=O) groups is 1. The molecule has 5 heteroatoms. The predicted molar refractivity (Wildman–Crippen MR) is 150 cm³/mol. The van der Waals surface area contributed by atoms with Crippen molar-refractivity contribution < 1.29 is 38.0 Å². The van der Waals surface area contributed by atoms with Crippen molar-refractivity contribution in [3.8, 4) is 0 Å². The molecule has 0 amide bonds. The monoisotopic (exact) mass is 638 g/mol. The largest absolute Gasteiger partial charge is 1.00 e. The van der Waals surface area contributed by atoms with Crippen LogP contribution in [0.2, 0.25) is 0 Å². The van der Waals surface area contributed by atoms with Gasteiger partial charge in [-0.3, -0.25) is 9.69 Å². The number of carbonyl (C=O) groups excluding carboxylic acids is 1. The maximum atomic E-state index is 12.3. The predicted octanol–water partition coefficient (Wildman–Crippen LogP) is 3.10. The number of allylic oxidation sites excluding steroid dienone is 1. The second-order valence-corrected chi connectivity index (χ2v) is 16.0. The third-order valence-electron chi connectivity index (χ3n) is 12.7. The SMILES string of the molecule is CC1=C2C[C@H]3[C@@H](CC[C@@H]4CC(=O)CC[C@@]43C)[C@@H]2CC[C@@]2(C1)O[C@@H]1C[C@H](C)CN(CC[N+](C)(C)C)[C@H]1[C@H]2C.[I-]. The summed E-state index contributed by atoms with van der Waals surface area (Å²) in [5.41, 5.74) is 3.93. The number of piperidine rings is 1. The summed E-state index contributed by atoms with van der Waals surface area (Å²) in [5, 5.41) is 0. The van der Waals surface area contributed by atoms with Crippen molar-refractivity contribution in [1.29, 1.82) is 0 Å². The van der Waals surface area contributed by atoms with Gasteiger partial charge < -0.3 is 33.2 Å². The zero-order chi connectivity index (χ0) is 26.3. The maximum absolute atomic E-state index is 12.3. The molecule has 2 saturated heterocycles. The van der Waals surface area contributed by atoms with Crippen LogP contribution in [-0.4, -0.2) is 73.7 Å². The molecule has 10 atom stereocenters. The summed E-state index contributed by atoms with van der Waals surface area (Å²) in [6, 6.07) is 0.584. The van der Waals surface area contributed by atoms with E-state index in [0.717, 1.165) is 53.8 Å². The molecule has 0 radical (unpaired) electrons. The fourth-order valence-electron chi connectivity index (χ4n) is 10.7. The van der Waals surface area contributed by atoms with Gasteiger partial charge in [-0.25, -0.2) is 0 Å². The number of rotatable bonds is 3. The van der Waals surface area contributed by atoms with Crippen molar-refractivity contribution in [2.75, 3.05) is 40.8 Å². The molecule has 0 aromatic rings. The minimum absolute atomic E-state index is 0. The first kappa shape index (κ1) is 29.5. The van der Waals surface area contributed by atoms with Gasteiger partial charge in [-0.2, -0.15) is 0 Å². The first-order valence-corrected chi connectivity index (χ1v) is 15.8. The lowest BCUT2D eigenvalue weighted by Gasteiger charge is -2.52. The zero-order valence-corrected chi connectivity index (χ0v) is 27.6. The van der Waals surface area contributed by atoms with Gasteiger partial charge in [-0.15, -0.1) is 0 Å². The number of ketones is 1.